The number of hydrogen-bond donors (Lipinski definition) is 2. The summed E-state index contributed by atoms with van der Waals surface area (Å²) in [6, 6.07) is 40.0. The van der Waals surface area contributed by atoms with E-state index in [1.807, 2.05) is 54.6 Å². The largest absolute Gasteiger partial charge is 0.494 e. The molecule has 0 fully saturated rings. The first-order chi connectivity index (χ1) is 22.0. The number of anilines is 2. The molecule has 0 heterocycles. The lowest BCUT2D eigenvalue weighted by molar-refractivity contribution is 0.104. The molecule has 0 aliphatic carbocycles. The molecule has 0 atom stereocenters. The Labute approximate surface area is 266 Å². The van der Waals surface area contributed by atoms with Gasteiger partial charge in [-0.25, -0.2) is 0 Å². The van der Waals surface area contributed by atoms with Gasteiger partial charge in [0.25, 0.3) is 0 Å². The van der Waals surface area contributed by atoms with Crippen LogP contribution < -0.4 is 20.9 Å². The molecule has 0 bridgehead atoms. The monoisotopic (exact) mass is 596 g/mol. The third kappa shape index (κ3) is 9.60. The van der Waals surface area contributed by atoms with Crippen LogP contribution in [-0.4, -0.2) is 19.0 Å². The van der Waals surface area contributed by atoms with Gasteiger partial charge in [0.15, 0.2) is 5.78 Å². The van der Waals surface area contributed by atoms with Crippen LogP contribution in [0.25, 0.3) is 17.2 Å². The highest BCUT2D eigenvalue weighted by Crippen LogP contribution is 2.25. The number of ketones is 1. The van der Waals surface area contributed by atoms with Crippen molar-refractivity contribution in [2.75, 3.05) is 24.7 Å². The van der Waals surface area contributed by atoms with Gasteiger partial charge in [0.05, 0.1) is 18.9 Å². The third-order valence-corrected chi connectivity index (χ3v) is 7.61. The van der Waals surface area contributed by atoms with Crippen LogP contribution in [0.4, 0.5) is 11.4 Å². The number of carbonyl (C=O) groups excluding carboxylic acids is 1. The summed E-state index contributed by atoms with van der Waals surface area (Å²) < 4.78 is 11.7. The second kappa shape index (κ2) is 16.0. The van der Waals surface area contributed by atoms with E-state index in [0.717, 1.165) is 49.0 Å². The molecule has 0 saturated heterocycles. The molecule has 0 radical (unpaired) electrons. The summed E-state index contributed by atoms with van der Waals surface area (Å²) in [5, 5.41) is 0. The molecule has 5 nitrogen and oxygen atoms in total. The molecular formula is C40H40N2O3. The van der Waals surface area contributed by atoms with Gasteiger partial charge in [-0.05, 0) is 96.3 Å². The number of nitrogen functional groups attached to an aromatic ring is 2. The summed E-state index contributed by atoms with van der Waals surface area (Å²) in [7, 11) is 0. The molecular weight excluding hydrogens is 556 g/mol. The minimum Gasteiger partial charge on any atom is -0.494 e. The number of ether oxygens (including phenoxy) is 2. The Morgan fingerprint density at radius 1 is 0.622 bits per heavy atom. The van der Waals surface area contributed by atoms with Gasteiger partial charge in [-0.1, -0.05) is 97.1 Å². The van der Waals surface area contributed by atoms with Crippen molar-refractivity contribution in [3.8, 4) is 22.6 Å². The van der Waals surface area contributed by atoms with Crippen LogP contribution in [0.1, 0.15) is 52.7 Å². The number of allylic oxidation sites excluding steroid dienone is 1. The fraction of sp³-hybridized carbons (Fsp3) is 0.175. The van der Waals surface area contributed by atoms with E-state index in [1.54, 1.807) is 18.2 Å². The van der Waals surface area contributed by atoms with Gasteiger partial charge in [0.2, 0.25) is 0 Å². The van der Waals surface area contributed by atoms with E-state index in [0.29, 0.717) is 35.9 Å². The van der Waals surface area contributed by atoms with Gasteiger partial charge in [-0.2, -0.15) is 0 Å². The van der Waals surface area contributed by atoms with Crippen molar-refractivity contribution in [3.63, 3.8) is 0 Å². The van der Waals surface area contributed by atoms with Crippen molar-refractivity contribution < 1.29 is 14.3 Å². The van der Waals surface area contributed by atoms with Gasteiger partial charge < -0.3 is 20.9 Å². The van der Waals surface area contributed by atoms with Gasteiger partial charge in [-0.15, -0.1) is 0 Å². The highest BCUT2D eigenvalue weighted by atomic mass is 16.5. The summed E-state index contributed by atoms with van der Waals surface area (Å²) in [4.78, 5) is 12.3. The van der Waals surface area contributed by atoms with E-state index in [9.17, 15) is 4.79 Å². The molecule has 5 aromatic carbocycles. The zero-order valence-electron chi connectivity index (χ0n) is 25.5. The number of unbranched alkanes of at least 4 members (excludes halogenated alkanes) is 3. The number of hydrogen-bond acceptors (Lipinski definition) is 5. The van der Waals surface area contributed by atoms with Gasteiger partial charge in [0.1, 0.15) is 11.5 Å². The van der Waals surface area contributed by atoms with Crippen molar-refractivity contribution in [1.82, 2.24) is 0 Å². The lowest BCUT2D eigenvalue weighted by Crippen LogP contribution is -2.02. The Hall–Kier alpha value is -5.29. The number of benzene rings is 5. The minimum atomic E-state index is 0.00829. The highest BCUT2D eigenvalue weighted by Gasteiger charge is 2.04. The number of nitrogens with two attached hydrogens (primary N) is 2. The Morgan fingerprint density at radius 3 is 1.87 bits per heavy atom. The van der Waals surface area contributed by atoms with Crippen LogP contribution in [0.5, 0.6) is 11.5 Å². The molecule has 0 aliphatic rings. The first-order valence-electron chi connectivity index (χ1n) is 15.5. The minimum absolute atomic E-state index is 0.00829. The van der Waals surface area contributed by atoms with Crippen LogP contribution in [0.2, 0.25) is 0 Å². The topological polar surface area (TPSA) is 87.6 Å². The quantitative estimate of drug-likeness (QED) is 0.0545. The Bertz CT molecular complexity index is 1680. The van der Waals surface area contributed by atoms with Crippen molar-refractivity contribution in [3.05, 3.63) is 150 Å². The molecule has 5 heteroatoms. The van der Waals surface area contributed by atoms with E-state index < -0.39 is 0 Å². The normalized spacial score (nSPS) is 11.0. The summed E-state index contributed by atoms with van der Waals surface area (Å²) in [6.45, 7) is 1.34. The molecule has 0 aromatic heterocycles. The predicted octanol–water partition coefficient (Wildman–Crippen LogP) is 9.02. The van der Waals surface area contributed by atoms with Gasteiger partial charge >= 0.3 is 0 Å². The molecule has 45 heavy (non-hydrogen) atoms. The molecule has 5 rings (SSSR count). The fourth-order valence-corrected chi connectivity index (χ4v) is 5.04. The third-order valence-electron chi connectivity index (χ3n) is 7.61. The van der Waals surface area contributed by atoms with Crippen LogP contribution in [0, 0.1) is 0 Å². The fourth-order valence-electron chi connectivity index (χ4n) is 5.04. The standard InChI is InChI=1S/C40H40N2O3/c41-36-21-25-40(38(42)29-36)45-27-7-2-1-6-26-44-37-22-19-34(20-23-37)33-17-14-32(15-18-33)28-31-12-10-30(11-13-31)16-24-39(43)35-8-4-3-5-9-35/h3-5,8-25,29H,1-2,6-7,26-28,41-42H2/b24-16+. The second-order valence-electron chi connectivity index (χ2n) is 11.1. The molecule has 0 saturated carbocycles. The molecule has 0 unspecified atom stereocenters. The summed E-state index contributed by atoms with van der Waals surface area (Å²) >= 11 is 0. The Morgan fingerprint density at radius 2 is 1.22 bits per heavy atom. The first-order valence-corrected chi connectivity index (χ1v) is 15.5. The van der Waals surface area contributed by atoms with Gasteiger partial charge in [0, 0.05) is 11.3 Å². The van der Waals surface area contributed by atoms with E-state index in [1.165, 1.54) is 16.7 Å². The molecule has 4 N–H and O–H groups in total. The summed E-state index contributed by atoms with van der Waals surface area (Å²) in [5.41, 5.74) is 19.4. The van der Waals surface area contributed by atoms with Crippen LogP contribution in [0.15, 0.2) is 127 Å². The lowest BCUT2D eigenvalue weighted by Gasteiger charge is -2.10. The van der Waals surface area contributed by atoms with E-state index >= 15 is 0 Å². The van der Waals surface area contributed by atoms with Crippen molar-refractivity contribution in [2.45, 2.75) is 32.1 Å². The zero-order valence-corrected chi connectivity index (χ0v) is 25.5. The lowest BCUT2D eigenvalue weighted by atomic mass is 9.99. The average molecular weight is 597 g/mol. The average Bonchev–Trinajstić information content (AvgIpc) is 3.07. The van der Waals surface area contributed by atoms with E-state index in [-0.39, 0.29) is 5.78 Å². The maximum Gasteiger partial charge on any atom is 0.185 e. The van der Waals surface area contributed by atoms with E-state index in [4.69, 9.17) is 20.9 Å². The zero-order chi connectivity index (χ0) is 31.3. The summed E-state index contributed by atoms with van der Waals surface area (Å²) in [5.74, 6) is 1.59. The van der Waals surface area contributed by atoms with Crippen LogP contribution in [0.3, 0.4) is 0 Å². The highest BCUT2D eigenvalue weighted by molar-refractivity contribution is 6.06. The van der Waals surface area contributed by atoms with Gasteiger partial charge in [-0.3, -0.25) is 4.79 Å². The van der Waals surface area contributed by atoms with Crippen LogP contribution >= 0.6 is 0 Å². The SMILES string of the molecule is Nc1ccc(OCCCCCCOc2ccc(-c3ccc(Cc4ccc(/C=C/C(=O)c5ccccc5)cc4)cc3)cc2)c(N)c1. The Kier molecular flexibility index (Phi) is 11.1. The van der Waals surface area contributed by atoms with Crippen LogP contribution in [-0.2, 0) is 6.42 Å². The van der Waals surface area contributed by atoms with E-state index in [2.05, 4.69) is 60.7 Å². The van der Waals surface area contributed by atoms with Crippen molar-refractivity contribution in [2.24, 2.45) is 0 Å². The van der Waals surface area contributed by atoms with Crippen molar-refractivity contribution in [1.29, 1.82) is 0 Å². The molecule has 0 amide bonds. The smallest absolute Gasteiger partial charge is 0.185 e. The second-order valence-corrected chi connectivity index (χ2v) is 11.1. The predicted molar refractivity (Wildman–Crippen MR) is 186 cm³/mol. The molecule has 0 aliphatic heterocycles. The van der Waals surface area contributed by atoms with Crippen molar-refractivity contribution >= 4 is 23.2 Å². The maximum absolute atomic E-state index is 12.3. The molecule has 5 aromatic rings. The maximum atomic E-state index is 12.3. The number of rotatable bonds is 15. The molecule has 228 valence electrons. The number of carbonyl (C=O) groups is 1. The summed E-state index contributed by atoms with van der Waals surface area (Å²) in [6.07, 6.45) is 8.48. The first kappa shape index (κ1) is 31.1. The molecule has 0 spiro atoms. The Balaban J connectivity index is 1.00.